The number of hydrogen-bond acceptors (Lipinski definition) is 3. The number of methoxy groups -OCH3 is 1. The Bertz CT molecular complexity index is 674. The summed E-state index contributed by atoms with van der Waals surface area (Å²) in [5.41, 5.74) is 2.59. The fraction of sp³-hybridized carbons (Fsp3) is 0.350. The van der Waals surface area contributed by atoms with Crippen LogP contribution in [0.3, 0.4) is 0 Å². The zero-order valence-electron chi connectivity index (χ0n) is 13.9. The van der Waals surface area contributed by atoms with Crippen LogP contribution >= 0.6 is 0 Å². The van der Waals surface area contributed by atoms with Gasteiger partial charge in [-0.25, -0.2) is 4.79 Å². The number of carboxylic acids is 1. The van der Waals surface area contributed by atoms with Crippen LogP contribution in [0.15, 0.2) is 54.6 Å². The van der Waals surface area contributed by atoms with Gasteiger partial charge < -0.3 is 14.7 Å². The number of ether oxygens (including phenoxy) is 1. The van der Waals surface area contributed by atoms with Gasteiger partial charge in [0, 0.05) is 32.3 Å². The molecule has 2 aromatic carbocycles. The van der Waals surface area contributed by atoms with Crippen LogP contribution in [0.4, 0.5) is 5.69 Å². The highest BCUT2D eigenvalue weighted by atomic mass is 16.5. The van der Waals surface area contributed by atoms with Crippen LogP contribution in [0.2, 0.25) is 0 Å². The van der Waals surface area contributed by atoms with Gasteiger partial charge in [-0.3, -0.25) is 0 Å². The maximum atomic E-state index is 11.0. The third kappa shape index (κ3) is 3.60. The van der Waals surface area contributed by atoms with Gasteiger partial charge in [-0.2, -0.15) is 0 Å². The lowest BCUT2D eigenvalue weighted by molar-refractivity contribution is -0.0289. The molecule has 0 bridgehead atoms. The zero-order valence-corrected chi connectivity index (χ0v) is 13.9. The summed E-state index contributed by atoms with van der Waals surface area (Å²) < 4.78 is 5.91. The number of benzene rings is 2. The monoisotopic (exact) mass is 325 g/mol. The second-order valence-corrected chi connectivity index (χ2v) is 6.39. The summed E-state index contributed by atoms with van der Waals surface area (Å²) in [4.78, 5) is 13.3. The van der Waals surface area contributed by atoms with Gasteiger partial charge in [0.15, 0.2) is 0 Å². The van der Waals surface area contributed by atoms with E-state index in [1.165, 1.54) is 5.56 Å². The Labute approximate surface area is 142 Å². The number of carboxylic acid groups (broad SMARTS) is 1. The molecule has 0 atom stereocenters. The van der Waals surface area contributed by atoms with E-state index in [-0.39, 0.29) is 5.60 Å². The molecular weight excluding hydrogens is 302 g/mol. The highest BCUT2D eigenvalue weighted by Crippen LogP contribution is 2.32. The first kappa shape index (κ1) is 16.5. The van der Waals surface area contributed by atoms with Crippen LogP contribution in [0.5, 0.6) is 0 Å². The molecule has 4 heteroatoms. The minimum absolute atomic E-state index is 0.112. The molecule has 4 nitrogen and oxygen atoms in total. The normalized spacial score (nSPS) is 16.8. The highest BCUT2D eigenvalue weighted by molar-refractivity contribution is 5.88. The summed E-state index contributed by atoms with van der Waals surface area (Å²) in [5.74, 6) is -0.888. The Balaban J connectivity index is 1.66. The Kier molecular flexibility index (Phi) is 4.86. The molecule has 0 amide bonds. The molecule has 1 aliphatic heterocycles. The van der Waals surface area contributed by atoms with Crippen molar-refractivity contribution in [1.29, 1.82) is 0 Å². The van der Waals surface area contributed by atoms with Crippen molar-refractivity contribution in [1.82, 2.24) is 0 Å². The summed E-state index contributed by atoms with van der Waals surface area (Å²) in [7, 11) is 1.81. The maximum absolute atomic E-state index is 11.0. The maximum Gasteiger partial charge on any atom is 0.335 e. The molecular formula is C20H23NO3. The molecule has 0 saturated carbocycles. The number of aromatic carboxylic acids is 1. The van der Waals surface area contributed by atoms with E-state index in [0.717, 1.165) is 38.0 Å². The Morgan fingerprint density at radius 2 is 1.71 bits per heavy atom. The van der Waals surface area contributed by atoms with Gasteiger partial charge >= 0.3 is 5.97 Å². The molecule has 0 radical (unpaired) electrons. The van der Waals surface area contributed by atoms with Gasteiger partial charge in [-0.1, -0.05) is 30.3 Å². The van der Waals surface area contributed by atoms with E-state index in [4.69, 9.17) is 9.84 Å². The first-order valence-corrected chi connectivity index (χ1v) is 8.29. The summed E-state index contributed by atoms with van der Waals surface area (Å²) in [6, 6.07) is 17.6. The quantitative estimate of drug-likeness (QED) is 0.912. The molecule has 0 aromatic heterocycles. The lowest BCUT2D eigenvalue weighted by atomic mass is 9.85. The standard InChI is InChI=1S/C20H23NO3/c1-24-20(15-16-5-3-2-4-6-16)11-13-21(14-12-20)18-9-7-17(8-10-18)19(22)23/h2-10H,11-15H2,1H3,(H,22,23). The predicted molar refractivity (Wildman–Crippen MR) is 94.7 cm³/mol. The molecule has 126 valence electrons. The fourth-order valence-corrected chi connectivity index (χ4v) is 3.41. The number of rotatable bonds is 5. The van der Waals surface area contributed by atoms with Gasteiger partial charge in [-0.15, -0.1) is 0 Å². The average Bonchev–Trinajstić information content (AvgIpc) is 2.63. The summed E-state index contributed by atoms with van der Waals surface area (Å²) in [6.45, 7) is 1.82. The molecule has 24 heavy (non-hydrogen) atoms. The number of piperidine rings is 1. The second-order valence-electron chi connectivity index (χ2n) is 6.39. The van der Waals surface area contributed by atoms with Crippen molar-refractivity contribution in [3.8, 4) is 0 Å². The van der Waals surface area contributed by atoms with Crippen molar-refractivity contribution in [2.24, 2.45) is 0 Å². The topological polar surface area (TPSA) is 49.8 Å². The molecule has 0 spiro atoms. The summed E-state index contributed by atoms with van der Waals surface area (Å²) in [6.07, 6.45) is 2.84. The molecule has 0 unspecified atom stereocenters. The molecule has 1 N–H and O–H groups in total. The third-order valence-corrected chi connectivity index (χ3v) is 4.96. The van der Waals surface area contributed by atoms with Crippen LogP contribution in [0.25, 0.3) is 0 Å². The van der Waals surface area contributed by atoms with E-state index in [9.17, 15) is 4.79 Å². The van der Waals surface area contributed by atoms with Crippen molar-refractivity contribution in [2.45, 2.75) is 24.9 Å². The van der Waals surface area contributed by atoms with Crippen molar-refractivity contribution >= 4 is 11.7 Å². The van der Waals surface area contributed by atoms with Crippen molar-refractivity contribution in [3.63, 3.8) is 0 Å². The minimum Gasteiger partial charge on any atom is -0.478 e. The number of hydrogen-bond donors (Lipinski definition) is 1. The van der Waals surface area contributed by atoms with Gasteiger partial charge in [0.25, 0.3) is 0 Å². The van der Waals surface area contributed by atoms with Gasteiger partial charge in [0.2, 0.25) is 0 Å². The van der Waals surface area contributed by atoms with Gasteiger partial charge in [0.1, 0.15) is 0 Å². The molecule has 1 fully saturated rings. The smallest absolute Gasteiger partial charge is 0.335 e. The number of nitrogens with zero attached hydrogens (tertiary/aromatic N) is 1. The average molecular weight is 325 g/mol. The predicted octanol–water partition coefficient (Wildman–Crippen LogP) is 3.61. The SMILES string of the molecule is COC1(Cc2ccccc2)CCN(c2ccc(C(=O)O)cc2)CC1. The second kappa shape index (κ2) is 7.05. The van der Waals surface area contributed by atoms with Gasteiger partial charge in [0.05, 0.1) is 11.2 Å². The molecule has 1 heterocycles. The minimum atomic E-state index is -0.888. The number of carbonyl (C=O) groups is 1. The Morgan fingerprint density at radius 3 is 2.25 bits per heavy atom. The third-order valence-electron chi connectivity index (χ3n) is 4.96. The Morgan fingerprint density at radius 1 is 1.08 bits per heavy atom. The van der Waals surface area contributed by atoms with Crippen molar-refractivity contribution < 1.29 is 14.6 Å². The Hall–Kier alpha value is -2.33. The van der Waals surface area contributed by atoms with Crippen LogP contribution < -0.4 is 4.90 Å². The first-order valence-electron chi connectivity index (χ1n) is 8.29. The van der Waals surface area contributed by atoms with E-state index >= 15 is 0 Å². The molecule has 1 aliphatic rings. The fourth-order valence-electron chi connectivity index (χ4n) is 3.41. The van der Waals surface area contributed by atoms with Crippen LogP contribution in [0.1, 0.15) is 28.8 Å². The number of anilines is 1. The van der Waals surface area contributed by atoms with E-state index in [1.807, 2.05) is 18.2 Å². The zero-order chi connectivity index (χ0) is 17.0. The summed E-state index contributed by atoms with van der Waals surface area (Å²) >= 11 is 0. The largest absolute Gasteiger partial charge is 0.478 e. The van der Waals surface area contributed by atoms with Gasteiger partial charge in [-0.05, 0) is 42.7 Å². The molecule has 1 saturated heterocycles. The molecule has 2 aromatic rings. The van der Waals surface area contributed by atoms with E-state index in [1.54, 1.807) is 19.2 Å². The lowest BCUT2D eigenvalue weighted by Gasteiger charge is -2.42. The molecule has 3 rings (SSSR count). The van der Waals surface area contributed by atoms with E-state index in [2.05, 4.69) is 29.2 Å². The molecule has 0 aliphatic carbocycles. The van der Waals surface area contributed by atoms with Crippen LogP contribution in [0, 0.1) is 0 Å². The van der Waals surface area contributed by atoms with Crippen molar-refractivity contribution in [2.75, 3.05) is 25.1 Å². The van der Waals surface area contributed by atoms with Crippen LogP contribution in [-0.4, -0.2) is 36.9 Å². The van der Waals surface area contributed by atoms with E-state index in [0.29, 0.717) is 5.56 Å². The highest BCUT2D eigenvalue weighted by Gasteiger charge is 2.34. The van der Waals surface area contributed by atoms with Crippen LogP contribution in [-0.2, 0) is 11.2 Å². The lowest BCUT2D eigenvalue weighted by Crippen LogP contribution is -2.47. The summed E-state index contributed by atoms with van der Waals surface area (Å²) in [5, 5.41) is 9.00. The van der Waals surface area contributed by atoms with Crippen molar-refractivity contribution in [3.05, 3.63) is 65.7 Å². The van der Waals surface area contributed by atoms with E-state index < -0.39 is 5.97 Å². The first-order chi connectivity index (χ1) is 11.6.